The Morgan fingerprint density at radius 2 is 1.10 bits per heavy atom. The normalized spacial score (nSPS) is 10.5. The molecular weight excluding hydrogens is 368 g/mol. The lowest BCUT2D eigenvalue weighted by Gasteiger charge is -2.13. The van der Waals surface area contributed by atoms with Crippen molar-refractivity contribution in [3.63, 3.8) is 0 Å². The molecular formula is C28H24O2. The molecule has 0 spiro atoms. The van der Waals surface area contributed by atoms with Crippen LogP contribution < -0.4 is 0 Å². The summed E-state index contributed by atoms with van der Waals surface area (Å²) in [5.41, 5.74) is 6.22. The molecule has 148 valence electrons. The van der Waals surface area contributed by atoms with Crippen molar-refractivity contribution in [3.05, 3.63) is 143 Å². The van der Waals surface area contributed by atoms with Gasteiger partial charge in [-0.05, 0) is 46.7 Å². The number of hydrogen-bond donors (Lipinski definition) is 0. The SMILES string of the molecule is O=C(OCc1ccccc1)c1ccc(Cc2ccccc2)cc1Cc1ccccc1. The largest absolute Gasteiger partial charge is 0.457 e. The molecule has 0 saturated heterocycles. The van der Waals surface area contributed by atoms with Crippen LogP contribution in [-0.4, -0.2) is 5.97 Å². The molecule has 0 aliphatic carbocycles. The Balaban J connectivity index is 1.58. The molecule has 0 unspecified atom stereocenters. The first-order valence-electron chi connectivity index (χ1n) is 10.2. The zero-order valence-corrected chi connectivity index (χ0v) is 16.8. The van der Waals surface area contributed by atoms with E-state index in [1.807, 2.05) is 66.7 Å². The van der Waals surface area contributed by atoms with Crippen molar-refractivity contribution in [3.8, 4) is 0 Å². The first-order chi connectivity index (χ1) is 14.8. The lowest BCUT2D eigenvalue weighted by Crippen LogP contribution is -2.09. The van der Waals surface area contributed by atoms with Crippen molar-refractivity contribution in [2.75, 3.05) is 0 Å². The zero-order valence-electron chi connectivity index (χ0n) is 16.8. The summed E-state index contributed by atoms with van der Waals surface area (Å²) in [5.74, 6) is -0.281. The van der Waals surface area contributed by atoms with Crippen LogP contribution in [0.1, 0.15) is 38.2 Å². The number of esters is 1. The number of benzene rings is 4. The lowest BCUT2D eigenvalue weighted by atomic mass is 9.95. The average molecular weight is 392 g/mol. The maximum Gasteiger partial charge on any atom is 0.338 e. The summed E-state index contributed by atoms with van der Waals surface area (Å²) in [6.45, 7) is 0.274. The fourth-order valence-corrected chi connectivity index (χ4v) is 3.55. The molecule has 0 fully saturated rings. The molecule has 0 amide bonds. The third-order valence-electron chi connectivity index (χ3n) is 5.09. The van der Waals surface area contributed by atoms with Gasteiger partial charge in [0, 0.05) is 0 Å². The maximum atomic E-state index is 12.9. The molecule has 0 N–H and O–H groups in total. The van der Waals surface area contributed by atoms with Gasteiger partial charge in [0.1, 0.15) is 6.61 Å². The Labute approximate surface area is 177 Å². The van der Waals surface area contributed by atoms with Crippen LogP contribution in [0.25, 0.3) is 0 Å². The minimum Gasteiger partial charge on any atom is -0.457 e. The van der Waals surface area contributed by atoms with E-state index in [0.29, 0.717) is 12.0 Å². The highest BCUT2D eigenvalue weighted by atomic mass is 16.5. The Morgan fingerprint density at radius 3 is 1.70 bits per heavy atom. The standard InChI is InChI=1S/C28H24O2/c29-28(30-21-24-14-8-3-9-15-24)27-17-16-25(18-22-10-4-1-5-11-22)20-26(27)19-23-12-6-2-7-13-23/h1-17,20H,18-19,21H2. The molecule has 0 saturated carbocycles. The number of hydrogen-bond acceptors (Lipinski definition) is 2. The average Bonchev–Trinajstić information content (AvgIpc) is 2.80. The highest BCUT2D eigenvalue weighted by Gasteiger charge is 2.15. The van der Waals surface area contributed by atoms with Crippen molar-refractivity contribution in [1.82, 2.24) is 0 Å². The van der Waals surface area contributed by atoms with Gasteiger partial charge in [-0.2, -0.15) is 0 Å². The van der Waals surface area contributed by atoms with Crippen molar-refractivity contribution in [2.24, 2.45) is 0 Å². The second-order valence-corrected chi connectivity index (χ2v) is 7.38. The lowest BCUT2D eigenvalue weighted by molar-refractivity contribution is 0.0471. The van der Waals surface area contributed by atoms with Gasteiger partial charge in [0.05, 0.1) is 5.56 Å². The van der Waals surface area contributed by atoms with Crippen molar-refractivity contribution >= 4 is 5.97 Å². The molecule has 0 aliphatic rings. The summed E-state index contributed by atoms with van der Waals surface area (Å²) >= 11 is 0. The van der Waals surface area contributed by atoms with Crippen molar-refractivity contribution in [2.45, 2.75) is 19.4 Å². The van der Waals surface area contributed by atoms with Crippen LogP contribution in [0.2, 0.25) is 0 Å². The molecule has 30 heavy (non-hydrogen) atoms. The van der Waals surface area contributed by atoms with E-state index in [-0.39, 0.29) is 12.6 Å². The van der Waals surface area contributed by atoms with Gasteiger partial charge in [0.15, 0.2) is 0 Å². The molecule has 0 bridgehead atoms. The van der Waals surface area contributed by atoms with E-state index < -0.39 is 0 Å². The van der Waals surface area contributed by atoms with Gasteiger partial charge in [-0.3, -0.25) is 0 Å². The van der Waals surface area contributed by atoms with E-state index in [2.05, 4.69) is 42.5 Å². The van der Waals surface area contributed by atoms with Gasteiger partial charge in [-0.1, -0.05) is 103 Å². The number of ether oxygens (including phenoxy) is 1. The number of carbonyl (C=O) groups excluding carboxylic acids is 1. The minimum atomic E-state index is -0.281. The first kappa shape index (κ1) is 19.7. The smallest absolute Gasteiger partial charge is 0.338 e. The van der Waals surface area contributed by atoms with Crippen LogP contribution >= 0.6 is 0 Å². The van der Waals surface area contributed by atoms with Gasteiger partial charge in [-0.25, -0.2) is 4.79 Å². The Morgan fingerprint density at radius 1 is 0.567 bits per heavy atom. The van der Waals surface area contributed by atoms with E-state index in [1.54, 1.807) is 0 Å². The Bertz CT molecular complexity index is 1090. The van der Waals surface area contributed by atoms with Crippen LogP contribution in [0, 0.1) is 0 Å². The third-order valence-corrected chi connectivity index (χ3v) is 5.09. The van der Waals surface area contributed by atoms with E-state index in [9.17, 15) is 4.79 Å². The molecule has 0 radical (unpaired) electrons. The molecule has 0 atom stereocenters. The first-order valence-corrected chi connectivity index (χ1v) is 10.2. The topological polar surface area (TPSA) is 26.3 Å². The van der Waals surface area contributed by atoms with Crippen LogP contribution in [0.15, 0.2) is 109 Å². The second kappa shape index (κ2) is 9.71. The molecule has 2 nitrogen and oxygen atoms in total. The summed E-state index contributed by atoms with van der Waals surface area (Å²) < 4.78 is 5.61. The molecule has 0 aliphatic heterocycles. The van der Waals surface area contributed by atoms with Crippen molar-refractivity contribution in [1.29, 1.82) is 0 Å². The van der Waals surface area contributed by atoms with Crippen LogP contribution in [-0.2, 0) is 24.2 Å². The molecule has 0 heterocycles. The third kappa shape index (κ3) is 5.24. The van der Waals surface area contributed by atoms with Gasteiger partial charge in [-0.15, -0.1) is 0 Å². The minimum absolute atomic E-state index is 0.274. The van der Waals surface area contributed by atoms with Gasteiger partial charge >= 0.3 is 5.97 Å². The maximum absolute atomic E-state index is 12.9. The predicted molar refractivity (Wildman–Crippen MR) is 120 cm³/mol. The molecule has 4 rings (SSSR count). The van der Waals surface area contributed by atoms with Crippen LogP contribution in [0.4, 0.5) is 0 Å². The number of rotatable bonds is 7. The summed E-state index contributed by atoms with van der Waals surface area (Å²) in [6, 6.07) is 36.4. The molecule has 2 heteroatoms. The van der Waals surface area contributed by atoms with Crippen LogP contribution in [0.5, 0.6) is 0 Å². The van der Waals surface area contributed by atoms with Gasteiger partial charge in [0.25, 0.3) is 0 Å². The van der Waals surface area contributed by atoms with Gasteiger partial charge in [0.2, 0.25) is 0 Å². The summed E-state index contributed by atoms with van der Waals surface area (Å²) in [6.07, 6.45) is 1.53. The van der Waals surface area contributed by atoms with E-state index in [4.69, 9.17) is 4.74 Å². The second-order valence-electron chi connectivity index (χ2n) is 7.38. The molecule has 4 aromatic rings. The molecule has 0 aromatic heterocycles. The van der Waals surface area contributed by atoms with Crippen LogP contribution in [0.3, 0.4) is 0 Å². The molecule has 4 aromatic carbocycles. The quantitative estimate of drug-likeness (QED) is 0.349. The Hall–Kier alpha value is -3.65. The van der Waals surface area contributed by atoms with E-state index in [1.165, 1.54) is 16.7 Å². The van der Waals surface area contributed by atoms with E-state index >= 15 is 0 Å². The Kier molecular flexibility index (Phi) is 6.36. The number of carbonyl (C=O) groups is 1. The fourth-order valence-electron chi connectivity index (χ4n) is 3.55. The highest BCUT2D eigenvalue weighted by Crippen LogP contribution is 2.20. The van der Waals surface area contributed by atoms with E-state index in [0.717, 1.165) is 17.5 Å². The zero-order chi connectivity index (χ0) is 20.6. The fraction of sp³-hybridized carbons (Fsp3) is 0.107. The van der Waals surface area contributed by atoms with Gasteiger partial charge < -0.3 is 4.74 Å². The highest BCUT2D eigenvalue weighted by molar-refractivity contribution is 5.91. The summed E-state index contributed by atoms with van der Waals surface area (Å²) in [5, 5.41) is 0. The predicted octanol–water partition coefficient (Wildman–Crippen LogP) is 6.23. The monoisotopic (exact) mass is 392 g/mol. The summed E-state index contributed by atoms with van der Waals surface area (Å²) in [7, 11) is 0. The van der Waals surface area contributed by atoms with Crippen molar-refractivity contribution < 1.29 is 9.53 Å². The summed E-state index contributed by atoms with van der Waals surface area (Å²) in [4.78, 5) is 12.9.